The summed E-state index contributed by atoms with van der Waals surface area (Å²) in [7, 11) is 3.41. The summed E-state index contributed by atoms with van der Waals surface area (Å²) in [5, 5.41) is 8.74. The first-order valence-corrected chi connectivity index (χ1v) is 6.56. The number of benzene rings is 1. The topological polar surface area (TPSA) is 79.1 Å². The van der Waals surface area contributed by atoms with E-state index in [2.05, 4.69) is 10.3 Å². The van der Waals surface area contributed by atoms with Crippen LogP contribution in [0, 0.1) is 0 Å². The predicted molar refractivity (Wildman–Crippen MR) is 80.1 cm³/mol. The third-order valence-corrected chi connectivity index (χ3v) is 3.36. The first-order chi connectivity index (χ1) is 10.1. The lowest BCUT2D eigenvalue weighted by atomic mass is 10.0. The summed E-state index contributed by atoms with van der Waals surface area (Å²) in [4.78, 5) is 0. The number of hydrogen-bond acceptors (Lipinski definition) is 5. The molecule has 0 saturated heterocycles. The first kappa shape index (κ1) is 13.5. The molecule has 6 nitrogen and oxygen atoms in total. The summed E-state index contributed by atoms with van der Waals surface area (Å²) in [5.41, 5.74) is 8.70. The van der Waals surface area contributed by atoms with Crippen LogP contribution in [0.3, 0.4) is 0 Å². The number of ether oxygens (including phenoxy) is 1. The molecule has 3 aromatic rings. The highest BCUT2D eigenvalue weighted by molar-refractivity contribution is 6.31. The molecule has 108 valence electrons. The summed E-state index contributed by atoms with van der Waals surface area (Å²) < 4.78 is 12.2. The molecule has 2 aromatic heterocycles. The van der Waals surface area contributed by atoms with Crippen LogP contribution in [0.5, 0.6) is 5.75 Å². The van der Waals surface area contributed by atoms with Crippen molar-refractivity contribution in [3.63, 3.8) is 0 Å². The molecule has 0 aliphatic rings. The molecule has 0 aliphatic carbocycles. The van der Waals surface area contributed by atoms with Gasteiger partial charge in [0.1, 0.15) is 11.4 Å². The quantitative estimate of drug-likeness (QED) is 0.804. The fraction of sp³-hybridized carbons (Fsp3) is 0.143. The van der Waals surface area contributed by atoms with Crippen LogP contribution in [0.15, 0.2) is 35.1 Å². The summed E-state index contributed by atoms with van der Waals surface area (Å²) in [5.74, 6) is 0.842. The highest BCUT2D eigenvalue weighted by atomic mass is 35.5. The molecule has 1 aromatic carbocycles. The Morgan fingerprint density at radius 1 is 1.38 bits per heavy atom. The minimum atomic E-state index is 0.203. The van der Waals surface area contributed by atoms with Crippen molar-refractivity contribution in [1.29, 1.82) is 0 Å². The van der Waals surface area contributed by atoms with Crippen molar-refractivity contribution in [3.8, 4) is 28.1 Å². The largest absolute Gasteiger partial charge is 0.496 e. The SMILES string of the molecule is COc1ccc(Cl)cc1-c1c(-c2cnn(C)c2)noc1N. The molecule has 0 atom stereocenters. The molecular weight excluding hydrogens is 292 g/mol. The van der Waals surface area contributed by atoms with E-state index in [0.29, 0.717) is 22.0 Å². The molecule has 0 aliphatic heterocycles. The third kappa shape index (κ3) is 2.34. The monoisotopic (exact) mass is 304 g/mol. The van der Waals surface area contributed by atoms with E-state index >= 15 is 0 Å². The normalized spacial score (nSPS) is 10.8. The lowest BCUT2D eigenvalue weighted by molar-refractivity contribution is 0.416. The van der Waals surface area contributed by atoms with Crippen LogP contribution in [-0.4, -0.2) is 22.0 Å². The Morgan fingerprint density at radius 3 is 2.86 bits per heavy atom. The highest BCUT2D eigenvalue weighted by Crippen LogP contribution is 2.41. The van der Waals surface area contributed by atoms with Crippen molar-refractivity contribution in [1.82, 2.24) is 14.9 Å². The first-order valence-electron chi connectivity index (χ1n) is 6.18. The average Bonchev–Trinajstić information content (AvgIpc) is 3.04. The number of methoxy groups -OCH3 is 1. The Kier molecular flexibility index (Phi) is 3.31. The van der Waals surface area contributed by atoms with Crippen LogP contribution in [0.25, 0.3) is 22.4 Å². The van der Waals surface area contributed by atoms with Crippen LogP contribution >= 0.6 is 11.6 Å². The van der Waals surface area contributed by atoms with Crippen molar-refractivity contribution in [2.24, 2.45) is 7.05 Å². The van der Waals surface area contributed by atoms with Gasteiger partial charge >= 0.3 is 0 Å². The van der Waals surface area contributed by atoms with Gasteiger partial charge in [-0.2, -0.15) is 5.10 Å². The van der Waals surface area contributed by atoms with Crippen molar-refractivity contribution in [3.05, 3.63) is 35.6 Å². The maximum Gasteiger partial charge on any atom is 0.230 e. The molecule has 0 bridgehead atoms. The maximum absolute atomic E-state index is 6.08. The van der Waals surface area contributed by atoms with Gasteiger partial charge in [-0.05, 0) is 18.2 Å². The number of rotatable bonds is 3. The molecule has 0 amide bonds. The van der Waals surface area contributed by atoms with Crippen LogP contribution in [0.4, 0.5) is 5.88 Å². The van der Waals surface area contributed by atoms with E-state index in [1.165, 1.54) is 0 Å². The van der Waals surface area contributed by atoms with Gasteiger partial charge in [0.15, 0.2) is 0 Å². The molecule has 0 unspecified atom stereocenters. The van der Waals surface area contributed by atoms with E-state index in [1.54, 1.807) is 36.2 Å². The predicted octanol–water partition coefficient (Wildman–Crippen LogP) is 2.99. The number of halogens is 1. The number of nitrogen functional groups attached to an aromatic ring is 1. The molecular formula is C14H13ClN4O2. The minimum Gasteiger partial charge on any atom is -0.496 e. The van der Waals surface area contributed by atoms with Gasteiger partial charge in [-0.25, -0.2) is 0 Å². The summed E-state index contributed by atoms with van der Waals surface area (Å²) in [6, 6.07) is 5.29. The Morgan fingerprint density at radius 2 is 2.19 bits per heavy atom. The fourth-order valence-corrected chi connectivity index (χ4v) is 2.35. The molecule has 0 saturated carbocycles. The van der Waals surface area contributed by atoms with Gasteiger partial charge in [-0.1, -0.05) is 16.8 Å². The Hall–Kier alpha value is -2.47. The van der Waals surface area contributed by atoms with Gasteiger partial charge in [0.25, 0.3) is 0 Å². The van der Waals surface area contributed by atoms with E-state index in [9.17, 15) is 0 Å². The van der Waals surface area contributed by atoms with Gasteiger partial charge in [-0.3, -0.25) is 4.68 Å². The molecule has 7 heteroatoms. The number of anilines is 1. The Balaban J connectivity index is 2.24. The lowest BCUT2D eigenvalue weighted by Crippen LogP contribution is -1.92. The third-order valence-electron chi connectivity index (χ3n) is 3.13. The van der Waals surface area contributed by atoms with E-state index in [0.717, 1.165) is 11.1 Å². The van der Waals surface area contributed by atoms with Gasteiger partial charge in [0, 0.05) is 29.4 Å². The van der Waals surface area contributed by atoms with Crippen LogP contribution in [0.2, 0.25) is 5.02 Å². The van der Waals surface area contributed by atoms with Crippen molar-refractivity contribution in [2.75, 3.05) is 12.8 Å². The molecule has 2 N–H and O–H groups in total. The molecule has 0 radical (unpaired) electrons. The summed E-state index contributed by atoms with van der Waals surface area (Å²) in [6.07, 6.45) is 3.52. The molecule has 3 rings (SSSR count). The Labute approximate surface area is 126 Å². The van der Waals surface area contributed by atoms with Gasteiger partial charge in [-0.15, -0.1) is 0 Å². The van der Waals surface area contributed by atoms with E-state index in [1.807, 2.05) is 13.2 Å². The van der Waals surface area contributed by atoms with Gasteiger partial charge < -0.3 is 15.0 Å². The smallest absolute Gasteiger partial charge is 0.230 e. The van der Waals surface area contributed by atoms with E-state index in [-0.39, 0.29) is 5.88 Å². The number of aromatic nitrogens is 3. The zero-order chi connectivity index (χ0) is 15.0. The maximum atomic E-state index is 6.08. The van der Waals surface area contributed by atoms with Crippen LogP contribution < -0.4 is 10.5 Å². The number of hydrogen-bond donors (Lipinski definition) is 1. The van der Waals surface area contributed by atoms with E-state index < -0.39 is 0 Å². The van der Waals surface area contributed by atoms with Crippen LogP contribution in [-0.2, 0) is 7.05 Å². The van der Waals surface area contributed by atoms with Crippen molar-refractivity contribution in [2.45, 2.75) is 0 Å². The zero-order valence-electron chi connectivity index (χ0n) is 11.5. The van der Waals surface area contributed by atoms with Crippen molar-refractivity contribution < 1.29 is 9.26 Å². The number of nitrogens with zero attached hydrogens (tertiary/aromatic N) is 3. The second-order valence-electron chi connectivity index (χ2n) is 4.52. The molecule has 0 fully saturated rings. The number of aryl methyl sites for hydroxylation is 1. The fourth-order valence-electron chi connectivity index (χ4n) is 2.18. The van der Waals surface area contributed by atoms with Gasteiger partial charge in [0.2, 0.25) is 5.88 Å². The van der Waals surface area contributed by atoms with Gasteiger partial charge in [0.05, 0.1) is 18.9 Å². The van der Waals surface area contributed by atoms with Crippen LogP contribution in [0.1, 0.15) is 0 Å². The highest BCUT2D eigenvalue weighted by Gasteiger charge is 2.21. The summed E-state index contributed by atoms with van der Waals surface area (Å²) >= 11 is 6.08. The molecule has 21 heavy (non-hydrogen) atoms. The van der Waals surface area contributed by atoms with Crippen molar-refractivity contribution >= 4 is 17.5 Å². The lowest BCUT2D eigenvalue weighted by Gasteiger charge is -2.08. The second-order valence-corrected chi connectivity index (χ2v) is 4.95. The zero-order valence-corrected chi connectivity index (χ0v) is 12.3. The average molecular weight is 305 g/mol. The Bertz CT molecular complexity index is 794. The standard InChI is InChI=1S/C14H13ClN4O2/c1-19-7-8(6-17-19)13-12(14(16)21-18-13)10-5-9(15)3-4-11(10)20-2/h3-7H,16H2,1-2H3. The van der Waals surface area contributed by atoms with E-state index in [4.69, 9.17) is 26.6 Å². The number of nitrogens with two attached hydrogens (primary N) is 1. The molecule has 2 heterocycles. The second kappa shape index (κ2) is 5.14. The minimum absolute atomic E-state index is 0.203. The molecule has 0 spiro atoms. The summed E-state index contributed by atoms with van der Waals surface area (Å²) in [6.45, 7) is 0.